The molecule has 0 atom stereocenters. The highest BCUT2D eigenvalue weighted by Crippen LogP contribution is 2.35. The van der Waals surface area contributed by atoms with Gasteiger partial charge >= 0.3 is 0 Å². The minimum absolute atomic E-state index is 1.02. The number of imidazole rings is 1. The summed E-state index contributed by atoms with van der Waals surface area (Å²) in [5.41, 5.74) is 8.50. The van der Waals surface area contributed by atoms with E-state index in [0.717, 1.165) is 11.3 Å². The van der Waals surface area contributed by atoms with Crippen molar-refractivity contribution in [3.63, 3.8) is 0 Å². The lowest BCUT2D eigenvalue weighted by molar-refractivity contribution is 1.24. The van der Waals surface area contributed by atoms with Gasteiger partial charge in [-0.15, -0.1) is 0 Å². The number of aryl methyl sites for hydroxylation is 3. The zero-order valence-electron chi connectivity index (χ0n) is 15.2. The first-order chi connectivity index (χ1) is 12.6. The number of benzene rings is 3. The van der Waals surface area contributed by atoms with Gasteiger partial charge in [-0.1, -0.05) is 54.1 Å². The maximum absolute atomic E-state index is 4.84. The third-order valence-electron chi connectivity index (χ3n) is 5.35. The molecule has 0 aliphatic rings. The van der Waals surface area contributed by atoms with Gasteiger partial charge in [0, 0.05) is 16.3 Å². The molecular weight excluding hydrogens is 316 g/mol. The highest BCUT2D eigenvalue weighted by Gasteiger charge is 2.16. The summed E-state index contributed by atoms with van der Waals surface area (Å²) in [6, 6.07) is 21.7. The number of hydrogen-bond donors (Lipinski definition) is 0. The third-order valence-corrected chi connectivity index (χ3v) is 5.35. The van der Waals surface area contributed by atoms with E-state index in [1.165, 1.54) is 43.9 Å². The Balaban J connectivity index is 2.05. The van der Waals surface area contributed by atoms with Crippen LogP contribution in [0.2, 0.25) is 0 Å². The summed E-state index contributed by atoms with van der Waals surface area (Å²) in [5, 5.41) is 3.74. The van der Waals surface area contributed by atoms with Crippen molar-refractivity contribution in [1.29, 1.82) is 0 Å². The van der Waals surface area contributed by atoms with Crippen LogP contribution in [0.4, 0.5) is 0 Å². The van der Waals surface area contributed by atoms with Crippen molar-refractivity contribution in [1.82, 2.24) is 9.38 Å². The van der Waals surface area contributed by atoms with Gasteiger partial charge in [0.15, 0.2) is 0 Å². The molecule has 0 spiro atoms. The Labute approximate surface area is 152 Å². The van der Waals surface area contributed by atoms with Crippen LogP contribution in [0.25, 0.3) is 38.6 Å². The number of nitrogens with zero attached hydrogens (tertiary/aromatic N) is 2. The van der Waals surface area contributed by atoms with Crippen LogP contribution in [0.15, 0.2) is 66.9 Å². The largest absolute Gasteiger partial charge is 0.292 e. The summed E-state index contributed by atoms with van der Waals surface area (Å²) in [6.07, 6.45) is 2.02. The van der Waals surface area contributed by atoms with Gasteiger partial charge in [0.05, 0.1) is 17.4 Å². The average molecular weight is 336 g/mol. The van der Waals surface area contributed by atoms with E-state index in [-0.39, 0.29) is 0 Å². The van der Waals surface area contributed by atoms with Gasteiger partial charge in [-0.25, -0.2) is 4.98 Å². The van der Waals surface area contributed by atoms with Crippen molar-refractivity contribution in [2.45, 2.75) is 20.8 Å². The molecule has 2 heterocycles. The molecule has 126 valence electrons. The lowest BCUT2D eigenvalue weighted by Crippen LogP contribution is -1.96. The number of rotatable bonds is 1. The van der Waals surface area contributed by atoms with Crippen LogP contribution in [-0.2, 0) is 0 Å². The molecule has 0 aliphatic carbocycles. The van der Waals surface area contributed by atoms with E-state index >= 15 is 0 Å². The monoisotopic (exact) mass is 336 g/mol. The SMILES string of the molecule is Cc1ccc2c(c1)c1ccccc1c1ncc(-c3c(C)cccc3C)n21. The quantitative estimate of drug-likeness (QED) is 0.332. The molecule has 0 N–H and O–H groups in total. The van der Waals surface area contributed by atoms with Crippen LogP contribution in [0, 0.1) is 20.8 Å². The van der Waals surface area contributed by atoms with E-state index in [1.807, 2.05) is 6.20 Å². The highest BCUT2D eigenvalue weighted by molar-refractivity contribution is 6.12. The molecule has 2 heteroatoms. The minimum atomic E-state index is 1.02. The predicted molar refractivity (Wildman–Crippen MR) is 110 cm³/mol. The molecule has 0 radical (unpaired) electrons. The Morgan fingerprint density at radius 1 is 0.731 bits per heavy atom. The molecule has 0 saturated carbocycles. The van der Waals surface area contributed by atoms with E-state index in [9.17, 15) is 0 Å². The van der Waals surface area contributed by atoms with Gasteiger partial charge in [0.25, 0.3) is 0 Å². The summed E-state index contributed by atoms with van der Waals surface area (Å²) < 4.78 is 2.33. The first kappa shape index (κ1) is 15.2. The standard InChI is InChI=1S/C24H20N2/c1-15-11-12-21-20(13-15)18-9-4-5-10-19(18)24-25-14-22(26(21)24)23-16(2)7-6-8-17(23)3/h4-14H,1-3H3. The van der Waals surface area contributed by atoms with E-state index in [0.29, 0.717) is 0 Å². The molecular formula is C24H20N2. The first-order valence-electron chi connectivity index (χ1n) is 9.00. The lowest BCUT2D eigenvalue weighted by Gasteiger charge is -2.14. The maximum Gasteiger partial charge on any atom is 0.145 e. The molecule has 0 bridgehead atoms. The fraction of sp³-hybridized carbons (Fsp3) is 0.125. The molecule has 0 amide bonds. The van der Waals surface area contributed by atoms with Crippen LogP contribution in [-0.4, -0.2) is 9.38 Å². The van der Waals surface area contributed by atoms with Gasteiger partial charge in [-0.05, 0) is 49.4 Å². The normalized spacial score (nSPS) is 11.7. The second-order valence-corrected chi connectivity index (χ2v) is 7.14. The molecule has 0 fully saturated rings. The number of hydrogen-bond acceptors (Lipinski definition) is 1. The zero-order chi connectivity index (χ0) is 17.8. The average Bonchev–Trinajstić information content (AvgIpc) is 3.07. The summed E-state index contributed by atoms with van der Waals surface area (Å²) >= 11 is 0. The number of fused-ring (bicyclic) bond motifs is 6. The molecule has 2 nitrogen and oxygen atoms in total. The van der Waals surface area contributed by atoms with E-state index in [2.05, 4.69) is 85.8 Å². The lowest BCUT2D eigenvalue weighted by atomic mass is 9.99. The maximum atomic E-state index is 4.84. The smallest absolute Gasteiger partial charge is 0.145 e. The summed E-state index contributed by atoms with van der Waals surface area (Å²) in [7, 11) is 0. The van der Waals surface area contributed by atoms with Crippen molar-refractivity contribution < 1.29 is 0 Å². The van der Waals surface area contributed by atoms with E-state index in [1.54, 1.807) is 0 Å². The topological polar surface area (TPSA) is 17.3 Å². The Kier molecular flexibility index (Phi) is 3.17. The molecule has 5 aromatic rings. The third kappa shape index (κ3) is 2.02. The second kappa shape index (κ2) is 5.43. The number of aromatic nitrogens is 2. The Hall–Kier alpha value is -3.13. The van der Waals surface area contributed by atoms with Crippen LogP contribution in [0.1, 0.15) is 16.7 Å². The van der Waals surface area contributed by atoms with Crippen molar-refractivity contribution in [2.24, 2.45) is 0 Å². The zero-order valence-corrected chi connectivity index (χ0v) is 15.2. The van der Waals surface area contributed by atoms with E-state index < -0.39 is 0 Å². The molecule has 0 saturated heterocycles. The number of pyridine rings is 1. The summed E-state index contributed by atoms with van der Waals surface area (Å²) in [6.45, 7) is 6.50. The Bertz CT molecular complexity index is 1290. The molecule has 0 unspecified atom stereocenters. The van der Waals surface area contributed by atoms with Gasteiger partial charge in [0.2, 0.25) is 0 Å². The Morgan fingerprint density at radius 2 is 1.46 bits per heavy atom. The molecule has 0 aliphatic heterocycles. The fourth-order valence-corrected chi connectivity index (χ4v) is 4.15. The van der Waals surface area contributed by atoms with Crippen LogP contribution < -0.4 is 0 Å². The van der Waals surface area contributed by atoms with Crippen molar-refractivity contribution in [3.8, 4) is 11.3 Å². The van der Waals surface area contributed by atoms with Gasteiger partial charge < -0.3 is 0 Å². The van der Waals surface area contributed by atoms with Crippen LogP contribution in [0.3, 0.4) is 0 Å². The van der Waals surface area contributed by atoms with E-state index in [4.69, 9.17) is 4.98 Å². The van der Waals surface area contributed by atoms with Crippen molar-refractivity contribution in [3.05, 3.63) is 83.6 Å². The van der Waals surface area contributed by atoms with Crippen LogP contribution >= 0.6 is 0 Å². The molecule has 3 aromatic carbocycles. The van der Waals surface area contributed by atoms with Gasteiger partial charge in [0.1, 0.15) is 5.65 Å². The van der Waals surface area contributed by atoms with Crippen molar-refractivity contribution in [2.75, 3.05) is 0 Å². The summed E-state index contributed by atoms with van der Waals surface area (Å²) in [4.78, 5) is 4.84. The first-order valence-corrected chi connectivity index (χ1v) is 9.00. The second-order valence-electron chi connectivity index (χ2n) is 7.14. The van der Waals surface area contributed by atoms with Gasteiger partial charge in [-0.3, -0.25) is 4.40 Å². The highest BCUT2D eigenvalue weighted by atomic mass is 15.0. The molecule has 26 heavy (non-hydrogen) atoms. The minimum Gasteiger partial charge on any atom is -0.292 e. The fourth-order valence-electron chi connectivity index (χ4n) is 4.15. The molecule has 2 aromatic heterocycles. The Morgan fingerprint density at radius 3 is 2.23 bits per heavy atom. The molecule has 5 rings (SSSR count). The van der Waals surface area contributed by atoms with Gasteiger partial charge in [-0.2, -0.15) is 0 Å². The van der Waals surface area contributed by atoms with Crippen LogP contribution in [0.5, 0.6) is 0 Å². The summed E-state index contributed by atoms with van der Waals surface area (Å²) in [5.74, 6) is 0. The predicted octanol–water partition coefficient (Wildman–Crippen LogP) is 6.23. The van der Waals surface area contributed by atoms with Crippen molar-refractivity contribution >= 4 is 27.3 Å².